The molecule has 30 heavy (non-hydrogen) atoms. The Balaban J connectivity index is 1.74. The number of fused-ring (bicyclic) bond motifs is 1. The zero-order chi connectivity index (χ0) is 21.8. The molecule has 3 rings (SSSR count). The fourth-order valence-corrected chi connectivity index (χ4v) is 4.12. The fraction of sp³-hybridized carbons (Fsp3) is 0.474. The van der Waals surface area contributed by atoms with Gasteiger partial charge in [-0.1, -0.05) is 6.07 Å². The van der Waals surface area contributed by atoms with Crippen molar-refractivity contribution in [3.63, 3.8) is 0 Å². The zero-order valence-corrected chi connectivity index (χ0v) is 18.6. The van der Waals surface area contributed by atoms with E-state index >= 15 is 0 Å². The highest BCUT2D eigenvalue weighted by atomic mass is 127. The van der Waals surface area contributed by atoms with E-state index in [1.165, 1.54) is 16.9 Å². The molecule has 1 aromatic carbocycles. The molecule has 3 amide bonds. The third-order valence-electron chi connectivity index (χ3n) is 5.46. The summed E-state index contributed by atoms with van der Waals surface area (Å²) >= 11 is 1.72. The maximum absolute atomic E-state index is 13.1. The van der Waals surface area contributed by atoms with E-state index in [1.807, 2.05) is 17.0 Å². The molecule has 0 bridgehead atoms. The van der Waals surface area contributed by atoms with E-state index in [-0.39, 0.29) is 31.2 Å². The summed E-state index contributed by atoms with van der Waals surface area (Å²) in [5, 5.41) is 9.09. The molecule has 2 aliphatic heterocycles. The minimum Gasteiger partial charge on any atom is -0.469 e. The highest BCUT2D eigenvalue weighted by molar-refractivity contribution is 14.1. The number of amides is 3. The molecule has 1 aromatic rings. The number of carboxylic acid groups (broad SMARTS) is 1. The smallest absolute Gasteiger partial charge is 0.407 e. The molecule has 0 aliphatic carbocycles. The van der Waals surface area contributed by atoms with Crippen LogP contribution in [0.2, 0.25) is 0 Å². The Labute approximate surface area is 187 Å². The molecule has 0 saturated carbocycles. The van der Waals surface area contributed by atoms with Crippen molar-refractivity contribution in [2.75, 3.05) is 38.2 Å². The Morgan fingerprint density at radius 2 is 1.93 bits per heavy atom. The molecule has 2 aliphatic rings. The van der Waals surface area contributed by atoms with Gasteiger partial charge in [-0.25, -0.2) is 4.79 Å². The first-order valence-corrected chi connectivity index (χ1v) is 10.6. The van der Waals surface area contributed by atoms with Gasteiger partial charge >= 0.3 is 12.1 Å². The monoisotopic (exact) mass is 530 g/mol. The van der Waals surface area contributed by atoms with Crippen LogP contribution in [0.5, 0.6) is 0 Å². The number of hydrogen-bond donors (Lipinski definition) is 2. The van der Waals surface area contributed by atoms with Crippen LogP contribution in [0.4, 0.5) is 10.5 Å². The number of nitrogens with one attached hydrogen (secondary N) is 1. The molecule has 0 spiro atoms. The van der Waals surface area contributed by atoms with Crippen molar-refractivity contribution in [3.05, 3.63) is 29.3 Å². The molecule has 2 N–H and O–H groups in total. The highest BCUT2D eigenvalue weighted by Crippen LogP contribution is 2.30. The number of halogens is 1. The Hall–Kier alpha value is -2.57. The van der Waals surface area contributed by atoms with Gasteiger partial charge in [0.15, 0.2) is 0 Å². The zero-order valence-electron chi connectivity index (χ0n) is 16.5. The molecule has 10 nitrogen and oxygen atoms in total. The van der Waals surface area contributed by atoms with Gasteiger partial charge in [-0.3, -0.25) is 17.9 Å². The number of methoxy groups -OCH3 is 1. The van der Waals surface area contributed by atoms with Gasteiger partial charge in [-0.15, -0.1) is 0 Å². The van der Waals surface area contributed by atoms with Crippen LogP contribution in [0.1, 0.15) is 28.8 Å². The number of carbonyl (C=O) groups excluding carboxylic acids is 3. The number of benzene rings is 1. The standard InChI is InChI=1S/C19H23IN4O6/c1-30-16(25)5-4-15(17(26)21-20)24-11-12-2-3-13(10-14(12)18(24)27)22-6-8-23(9-7-22)19(28)29/h2-3,10,15H,4-9,11H2,1H3,(H,21,26)(H,28,29). The maximum Gasteiger partial charge on any atom is 0.407 e. The molecule has 0 aromatic heterocycles. The predicted octanol–water partition coefficient (Wildman–Crippen LogP) is 1.23. The molecule has 1 atom stereocenters. The van der Waals surface area contributed by atoms with Crippen molar-refractivity contribution < 1.29 is 29.0 Å². The van der Waals surface area contributed by atoms with E-state index in [4.69, 9.17) is 5.11 Å². The van der Waals surface area contributed by atoms with Crippen molar-refractivity contribution in [2.45, 2.75) is 25.4 Å². The van der Waals surface area contributed by atoms with E-state index in [1.54, 1.807) is 28.9 Å². The largest absolute Gasteiger partial charge is 0.469 e. The van der Waals surface area contributed by atoms with Gasteiger partial charge in [0.05, 0.1) is 30.0 Å². The molecule has 2 heterocycles. The number of ether oxygens (including phenoxy) is 1. The minimum absolute atomic E-state index is 0.0322. The topological polar surface area (TPSA) is 119 Å². The number of anilines is 1. The molecule has 1 fully saturated rings. The third kappa shape index (κ3) is 4.60. The normalized spacial score (nSPS) is 16.9. The second-order valence-corrected chi connectivity index (χ2v) is 7.66. The van der Waals surface area contributed by atoms with Crippen molar-refractivity contribution >= 4 is 52.4 Å². The van der Waals surface area contributed by atoms with Crippen LogP contribution < -0.4 is 8.43 Å². The van der Waals surface area contributed by atoms with Crippen LogP contribution in [0.25, 0.3) is 0 Å². The number of nitrogens with zero attached hydrogens (tertiary/aromatic N) is 3. The Bertz CT molecular complexity index is 855. The summed E-state index contributed by atoms with van der Waals surface area (Å²) in [7, 11) is 1.28. The highest BCUT2D eigenvalue weighted by Gasteiger charge is 2.37. The maximum atomic E-state index is 13.1. The Morgan fingerprint density at radius 3 is 2.53 bits per heavy atom. The Kier molecular flexibility index (Phi) is 7.00. The number of carbonyl (C=O) groups is 4. The molecular weight excluding hydrogens is 507 g/mol. The van der Waals surface area contributed by atoms with Crippen molar-refractivity contribution in [1.82, 2.24) is 13.3 Å². The van der Waals surface area contributed by atoms with E-state index < -0.39 is 18.1 Å². The first kappa shape index (κ1) is 22.1. The summed E-state index contributed by atoms with van der Waals surface area (Å²) in [5.41, 5.74) is 2.19. The van der Waals surface area contributed by atoms with Crippen LogP contribution in [-0.4, -0.2) is 78.1 Å². The second kappa shape index (κ2) is 9.49. The second-order valence-electron chi connectivity index (χ2n) is 7.12. The number of esters is 1. The van der Waals surface area contributed by atoms with Crippen molar-refractivity contribution in [2.24, 2.45) is 0 Å². The summed E-state index contributed by atoms with van der Waals surface area (Å²) in [6, 6.07) is 4.80. The Morgan fingerprint density at radius 1 is 1.23 bits per heavy atom. The van der Waals surface area contributed by atoms with Gasteiger partial charge in [0.25, 0.3) is 11.8 Å². The van der Waals surface area contributed by atoms with Gasteiger partial charge in [-0.05, 0) is 24.1 Å². The van der Waals surface area contributed by atoms with Gasteiger partial charge in [0.2, 0.25) is 0 Å². The van der Waals surface area contributed by atoms with Gasteiger partial charge < -0.3 is 24.5 Å². The molecule has 1 unspecified atom stereocenters. The van der Waals surface area contributed by atoms with Crippen LogP contribution in [-0.2, 0) is 20.9 Å². The number of hydrogen-bond acceptors (Lipinski definition) is 6. The lowest BCUT2D eigenvalue weighted by Gasteiger charge is -2.34. The summed E-state index contributed by atoms with van der Waals surface area (Å²) in [6.07, 6.45) is -0.726. The lowest BCUT2D eigenvalue weighted by atomic mass is 10.1. The van der Waals surface area contributed by atoms with Crippen LogP contribution in [0, 0.1) is 0 Å². The molecule has 11 heteroatoms. The van der Waals surface area contributed by atoms with Crippen molar-refractivity contribution in [3.8, 4) is 0 Å². The quantitative estimate of drug-likeness (QED) is 0.323. The first-order chi connectivity index (χ1) is 14.3. The number of piperazine rings is 1. The molecular formula is C19H23IN4O6. The first-order valence-electron chi connectivity index (χ1n) is 9.49. The van der Waals surface area contributed by atoms with Crippen LogP contribution >= 0.6 is 22.9 Å². The van der Waals surface area contributed by atoms with E-state index in [9.17, 15) is 19.2 Å². The predicted molar refractivity (Wildman–Crippen MR) is 115 cm³/mol. The van der Waals surface area contributed by atoms with Gasteiger partial charge in [0.1, 0.15) is 6.04 Å². The lowest BCUT2D eigenvalue weighted by molar-refractivity contribution is -0.141. The minimum atomic E-state index is -0.930. The lowest BCUT2D eigenvalue weighted by Crippen LogP contribution is -2.48. The van der Waals surface area contributed by atoms with Crippen LogP contribution in [0.15, 0.2) is 18.2 Å². The third-order valence-corrected chi connectivity index (χ3v) is 5.99. The van der Waals surface area contributed by atoms with E-state index in [0.29, 0.717) is 31.7 Å². The average molecular weight is 530 g/mol. The van der Waals surface area contributed by atoms with E-state index in [2.05, 4.69) is 8.27 Å². The van der Waals surface area contributed by atoms with Crippen molar-refractivity contribution in [1.29, 1.82) is 0 Å². The summed E-state index contributed by atoms with van der Waals surface area (Å²) in [4.78, 5) is 52.9. The summed E-state index contributed by atoms with van der Waals surface area (Å²) in [6.45, 7) is 2.18. The summed E-state index contributed by atoms with van der Waals surface area (Å²) in [5.74, 6) is -1.04. The average Bonchev–Trinajstić information content (AvgIpc) is 3.09. The molecule has 1 saturated heterocycles. The molecule has 0 radical (unpaired) electrons. The number of rotatable bonds is 6. The SMILES string of the molecule is COC(=O)CCC(C(=O)NI)N1Cc2ccc(N3CCN(C(=O)O)CC3)cc2C1=O. The van der Waals surface area contributed by atoms with Gasteiger partial charge in [0, 0.05) is 50.4 Å². The van der Waals surface area contributed by atoms with Gasteiger partial charge in [-0.2, -0.15) is 0 Å². The molecule has 162 valence electrons. The van der Waals surface area contributed by atoms with E-state index in [0.717, 1.165) is 11.3 Å². The summed E-state index contributed by atoms with van der Waals surface area (Å²) < 4.78 is 7.18. The fourth-order valence-electron chi connectivity index (χ4n) is 3.76. The van der Waals surface area contributed by atoms with Crippen LogP contribution in [0.3, 0.4) is 0 Å².